The highest BCUT2D eigenvalue weighted by molar-refractivity contribution is 7.88. The minimum absolute atomic E-state index is 0.129. The Morgan fingerprint density at radius 1 is 1.31 bits per heavy atom. The summed E-state index contributed by atoms with van der Waals surface area (Å²) < 4.78 is 30.7. The molecule has 1 N–H and O–H groups in total. The molecule has 1 aliphatic rings. The molecule has 0 aromatic heterocycles. The third-order valence-corrected chi connectivity index (χ3v) is 5.60. The fraction of sp³-hybridized carbons (Fsp3) is 0.611. The molecule has 1 aromatic rings. The molecule has 0 saturated carbocycles. The second kappa shape index (κ2) is 10.0. The second-order valence-electron chi connectivity index (χ2n) is 6.64. The van der Waals surface area contributed by atoms with Crippen LogP contribution >= 0.6 is 0 Å². The maximum absolute atomic E-state index is 12.0. The van der Waals surface area contributed by atoms with Gasteiger partial charge in [-0.2, -0.15) is 4.31 Å². The number of sulfonamides is 1. The first kappa shape index (κ1) is 20.8. The summed E-state index contributed by atoms with van der Waals surface area (Å²) in [5.74, 6) is -0.129. The normalized spacial score (nSPS) is 16.0. The van der Waals surface area contributed by atoms with Gasteiger partial charge in [0, 0.05) is 45.7 Å². The third-order valence-electron chi connectivity index (χ3n) is 4.35. The van der Waals surface area contributed by atoms with E-state index in [1.165, 1.54) is 10.6 Å². The van der Waals surface area contributed by atoms with Gasteiger partial charge in [0.25, 0.3) is 0 Å². The van der Waals surface area contributed by atoms with Gasteiger partial charge in [-0.05, 0) is 12.5 Å². The minimum Gasteiger partial charge on any atom is -0.379 e. The highest BCUT2D eigenvalue weighted by Crippen LogP contribution is 2.11. The molecule has 2 rings (SSSR count). The number of nitrogens with one attached hydrogen (secondary N) is 1. The lowest BCUT2D eigenvalue weighted by Crippen LogP contribution is -2.42. The second-order valence-corrected chi connectivity index (χ2v) is 8.62. The number of ether oxygens (including phenoxy) is 1. The van der Waals surface area contributed by atoms with E-state index in [-0.39, 0.29) is 25.4 Å². The fourth-order valence-corrected chi connectivity index (χ4v) is 3.68. The average molecular weight is 384 g/mol. The van der Waals surface area contributed by atoms with Crippen LogP contribution in [0.3, 0.4) is 0 Å². The Balaban J connectivity index is 1.78. The summed E-state index contributed by atoms with van der Waals surface area (Å²) in [4.78, 5) is 14.3. The summed E-state index contributed by atoms with van der Waals surface area (Å²) in [7, 11) is -3.38. The largest absolute Gasteiger partial charge is 0.379 e. The van der Waals surface area contributed by atoms with Gasteiger partial charge in [0.15, 0.2) is 0 Å². The number of carbonyl (C=O) groups excluding carboxylic acids is 1. The Labute approximate surface area is 156 Å². The van der Waals surface area contributed by atoms with Gasteiger partial charge in [0.05, 0.1) is 19.5 Å². The van der Waals surface area contributed by atoms with Crippen molar-refractivity contribution in [2.24, 2.45) is 0 Å². The van der Waals surface area contributed by atoms with Crippen LogP contribution in [0.4, 0.5) is 0 Å². The quantitative estimate of drug-likeness (QED) is 0.675. The van der Waals surface area contributed by atoms with Crippen molar-refractivity contribution in [3.63, 3.8) is 0 Å². The number of hydrogen-bond acceptors (Lipinski definition) is 5. The molecule has 0 aliphatic carbocycles. The van der Waals surface area contributed by atoms with Gasteiger partial charge in [-0.15, -0.1) is 0 Å². The van der Waals surface area contributed by atoms with Gasteiger partial charge < -0.3 is 10.1 Å². The molecule has 146 valence electrons. The Kier molecular flexibility index (Phi) is 8.02. The molecule has 0 bridgehead atoms. The summed E-state index contributed by atoms with van der Waals surface area (Å²) in [5, 5.41) is 2.87. The van der Waals surface area contributed by atoms with E-state index in [0.717, 1.165) is 44.0 Å². The highest BCUT2D eigenvalue weighted by atomic mass is 32.2. The molecule has 7 nitrogen and oxygen atoms in total. The molecule has 1 heterocycles. The Morgan fingerprint density at radius 3 is 2.69 bits per heavy atom. The lowest BCUT2D eigenvalue weighted by Gasteiger charge is -2.26. The number of rotatable bonds is 9. The van der Waals surface area contributed by atoms with Crippen LogP contribution in [0, 0.1) is 6.92 Å². The topological polar surface area (TPSA) is 79.0 Å². The van der Waals surface area contributed by atoms with Crippen LogP contribution in [0.2, 0.25) is 0 Å². The molecular weight excluding hydrogens is 354 g/mol. The summed E-state index contributed by atoms with van der Waals surface area (Å²) in [6, 6.07) is 7.73. The zero-order chi connectivity index (χ0) is 19.0. The molecule has 1 saturated heterocycles. The average Bonchev–Trinajstić information content (AvgIpc) is 2.58. The van der Waals surface area contributed by atoms with Crippen LogP contribution in [-0.4, -0.2) is 75.7 Å². The molecule has 0 radical (unpaired) electrons. The van der Waals surface area contributed by atoms with Crippen LogP contribution < -0.4 is 5.32 Å². The van der Waals surface area contributed by atoms with Crippen molar-refractivity contribution < 1.29 is 17.9 Å². The van der Waals surface area contributed by atoms with Crippen LogP contribution in [-0.2, 0) is 26.1 Å². The predicted octanol–water partition coefficient (Wildman–Crippen LogP) is 0.595. The summed E-state index contributed by atoms with van der Waals surface area (Å²) >= 11 is 0. The first-order valence-corrected chi connectivity index (χ1v) is 10.8. The molecular formula is C18H29N3O4S. The van der Waals surface area contributed by atoms with E-state index in [1.54, 1.807) is 0 Å². The zero-order valence-corrected chi connectivity index (χ0v) is 16.4. The standard InChI is InChI=1S/C18H29N3O4S/c1-16-4-3-5-17(14-16)15-21(26(2,23)24)8-6-18(22)19-7-9-20-10-12-25-13-11-20/h3-5,14H,6-13,15H2,1-2H3,(H,19,22). The van der Waals surface area contributed by atoms with E-state index < -0.39 is 10.0 Å². The maximum Gasteiger partial charge on any atom is 0.221 e. The van der Waals surface area contributed by atoms with E-state index in [9.17, 15) is 13.2 Å². The first-order valence-electron chi connectivity index (χ1n) is 8.92. The van der Waals surface area contributed by atoms with Crippen molar-refractivity contribution in [1.82, 2.24) is 14.5 Å². The molecule has 26 heavy (non-hydrogen) atoms. The predicted molar refractivity (Wildman–Crippen MR) is 101 cm³/mol. The van der Waals surface area contributed by atoms with Gasteiger partial charge in [-0.1, -0.05) is 29.8 Å². The summed E-state index contributed by atoms with van der Waals surface area (Å²) in [6.45, 7) is 7.01. The van der Waals surface area contributed by atoms with Crippen molar-refractivity contribution in [2.45, 2.75) is 19.9 Å². The number of carbonyl (C=O) groups is 1. The van der Waals surface area contributed by atoms with Crippen LogP contribution in [0.25, 0.3) is 0 Å². The van der Waals surface area contributed by atoms with Crippen molar-refractivity contribution >= 4 is 15.9 Å². The Morgan fingerprint density at radius 2 is 2.04 bits per heavy atom. The molecule has 0 spiro atoms. The van der Waals surface area contributed by atoms with Crippen molar-refractivity contribution in [3.8, 4) is 0 Å². The molecule has 1 fully saturated rings. The molecule has 8 heteroatoms. The van der Waals surface area contributed by atoms with Gasteiger partial charge in [0.1, 0.15) is 0 Å². The molecule has 1 aliphatic heterocycles. The van der Waals surface area contributed by atoms with Gasteiger partial charge in [-0.25, -0.2) is 8.42 Å². The van der Waals surface area contributed by atoms with Crippen LogP contribution in [0.5, 0.6) is 0 Å². The van der Waals surface area contributed by atoms with Gasteiger partial charge in [-0.3, -0.25) is 9.69 Å². The Bertz CT molecular complexity index is 687. The van der Waals surface area contributed by atoms with Crippen molar-refractivity contribution in [1.29, 1.82) is 0 Å². The van der Waals surface area contributed by atoms with Crippen molar-refractivity contribution in [3.05, 3.63) is 35.4 Å². The number of aryl methyl sites for hydroxylation is 1. The number of nitrogens with zero attached hydrogens (tertiary/aromatic N) is 2. The SMILES string of the molecule is Cc1cccc(CN(CCC(=O)NCCN2CCOCC2)S(C)(=O)=O)c1. The summed E-state index contributed by atoms with van der Waals surface area (Å²) in [5.41, 5.74) is 2.00. The maximum atomic E-state index is 12.0. The number of morpholine rings is 1. The Hall–Kier alpha value is -1.48. The van der Waals surface area contributed by atoms with E-state index in [0.29, 0.717) is 6.54 Å². The van der Waals surface area contributed by atoms with Crippen LogP contribution in [0.1, 0.15) is 17.5 Å². The molecule has 1 amide bonds. The van der Waals surface area contributed by atoms with E-state index >= 15 is 0 Å². The lowest BCUT2D eigenvalue weighted by atomic mass is 10.1. The first-order chi connectivity index (χ1) is 12.3. The minimum atomic E-state index is -3.38. The number of amides is 1. The van der Waals surface area contributed by atoms with E-state index in [2.05, 4.69) is 10.2 Å². The van der Waals surface area contributed by atoms with E-state index in [1.807, 2.05) is 31.2 Å². The van der Waals surface area contributed by atoms with Gasteiger partial charge in [0.2, 0.25) is 15.9 Å². The summed E-state index contributed by atoms with van der Waals surface area (Å²) in [6.07, 6.45) is 1.33. The number of benzene rings is 1. The van der Waals surface area contributed by atoms with E-state index in [4.69, 9.17) is 4.74 Å². The third kappa shape index (κ3) is 7.41. The lowest BCUT2D eigenvalue weighted by molar-refractivity contribution is -0.121. The van der Waals surface area contributed by atoms with Gasteiger partial charge >= 0.3 is 0 Å². The number of hydrogen-bond donors (Lipinski definition) is 1. The van der Waals surface area contributed by atoms with Crippen molar-refractivity contribution in [2.75, 3.05) is 52.2 Å². The molecule has 0 unspecified atom stereocenters. The monoisotopic (exact) mass is 383 g/mol. The molecule has 0 atom stereocenters. The molecule has 1 aromatic carbocycles. The smallest absolute Gasteiger partial charge is 0.221 e. The fourth-order valence-electron chi connectivity index (χ4n) is 2.87. The van der Waals surface area contributed by atoms with Crippen LogP contribution in [0.15, 0.2) is 24.3 Å². The zero-order valence-electron chi connectivity index (χ0n) is 15.6. The highest BCUT2D eigenvalue weighted by Gasteiger charge is 2.18.